The molecule has 0 aliphatic carbocycles. The van der Waals surface area contributed by atoms with Gasteiger partial charge in [0.05, 0.1) is 0 Å². The monoisotopic (exact) mass is 192 g/mol. The van der Waals surface area contributed by atoms with E-state index in [4.69, 9.17) is 5.73 Å². The molecule has 1 saturated heterocycles. The van der Waals surface area contributed by atoms with Crippen LogP contribution in [-0.2, 0) is 4.79 Å². The lowest BCUT2D eigenvalue weighted by Crippen LogP contribution is -2.37. The Labute approximate surface area is 75.9 Å². The zero-order valence-electron chi connectivity index (χ0n) is 7.59. The molecule has 2 N–H and O–H groups in total. The number of carbonyl (C=O) groups excluding carboxylic acids is 1. The highest BCUT2D eigenvalue weighted by atomic mass is 19.3. The van der Waals surface area contributed by atoms with Gasteiger partial charge < -0.3 is 10.6 Å². The quantitative estimate of drug-likeness (QED) is 0.690. The summed E-state index contributed by atoms with van der Waals surface area (Å²) in [6.45, 7) is 3.09. The molecule has 0 aromatic rings. The van der Waals surface area contributed by atoms with Crippen LogP contribution in [0.2, 0.25) is 0 Å². The van der Waals surface area contributed by atoms with E-state index in [1.807, 2.05) is 6.92 Å². The van der Waals surface area contributed by atoms with Gasteiger partial charge in [-0.15, -0.1) is 0 Å². The lowest BCUT2D eigenvalue weighted by Gasteiger charge is -2.22. The normalized spacial score (nSPS) is 28.5. The van der Waals surface area contributed by atoms with Crippen LogP contribution in [0.4, 0.5) is 8.78 Å². The SMILES string of the molecule is CC1(CN)CCN(C(=O)C(F)F)C1. The maximum atomic E-state index is 12.0. The van der Waals surface area contributed by atoms with Crippen molar-refractivity contribution in [2.45, 2.75) is 19.8 Å². The Morgan fingerprint density at radius 1 is 1.69 bits per heavy atom. The van der Waals surface area contributed by atoms with Crippen LogP contribution in [0.5, 0.6) is 0 Å². The molecule has 3 nitrogen and oxygen atoms in total. The zero-order chi connectivity index (χ0) is 10.1. The number of hydrogen-bond acceptors (Lipinski definition) is 2. The van der Waals surface area contributed by atoms with Crippen molar-refractivity contribution in [1.82, 2.24) is 4.90 Å². The Kier molecular flexibility index (Phi) is 2.85. The Balaban J connectivity index is 2.55. The molecule has 0 radical (unpaired) electrons. The molecule has 1 amide bonds. The molecule has 5 heteroatoms. The number of hydrogen-bond donors (Lipinski definition) is 1. The lowest BCUT2D eigenvalue weighted by atomic mass is 9.90. The van der Waals surface area contributed by atoms with Crippen molar-refractivity contribution in [3.8, 4) is 0 Å². The summed E-state index contributed by atoms with van der Waals surface area (Å²) in [5, 5.41) is 0. The largest absolute Gasteiger partial charge is 0.337 e. The molecule has 0 bridgehead atoms. The van der Waals surface area contributed by atoms with Crippen LogP contribution >= 0.6 is 0 Å². The van der Waals surface area contributed by atoms with Gasteiger partial charge in [-0.25, -0.2) is 0 Å². The standard InChI is InChI=1S/C8H14F2N2O/c1-8(4-11)2-3-12(5-8)7(13)6(9)10/h6H,2-5,11H2,1H3. The van der Waals surface area contributed by atoms with Gasteiger partial charge >= 0.3 is 6.43 Å². The second-order valence-electron chi connectivity index (χ2n) is 3.83. The molecule has 1 heterocycles. The number of amides is 1. The minimum Gasteiger partial charge on any atom is -0.337 e. The van der Waals surface area contributed by atoms with Crippen LogP contribution in [0.1, 0.15) is 13.3 Å². The summed E-state index contributed by atoms with van der Waals surface area (Å²) in [6, 6.07) is 0. The number of nitrogens with two attached hydrogens (primary N) is 1. The van der Waals surface area contributed by atoms with Crippen LogP contribution in [0.3, 0.4) is 0 Å². The van der Waals surface area contributed by atoms with Crippen molar-refractivity contribution in [2.24, 2.45) is 11.1 Å². The summed E-state index contributed by atoms with van der Waals surface area (Å²) < 4.78 is 24.0. The van der Waals surface area contributed by atoms with Gasteiger partial charge in [0.1, 0.15) is 0 Å². The molecular weight excluding hydrogens is 178 g/mol. The summed E-state index contributed by atoms with van der Waals surface area (Å²) in [6.07, 6.45) is -2.18. The third-order valence-electron chi connectivity index (χ3n) is 2.55. The number of carbonyl (C=O) groups is 1. The number of alkyl halides is 2. The topological polar surface area (TPSA) is 46.3 Å². The number of nitrogens with zero attached hydrogens (tertiary/aromatic N) is 1. The molecular formula is C8H14F2N2O. The minimum atomic E-state index is -2.89. The van der Waals surface area contributed by atoms with E-state index in [2.05, 4.69) is 0 Å². The summed E-state index contributed by atoms with van der Waals surface area (Å²) in [7, 11) is 0. The molecule has 1 atom stereocenters. The maximum absolute atomic E-state index is 12.0. The first-order valence-corrected chi connectivity index (χ1v) is 4.25. The molecule has 0 spiro atoms. The Morgan fingerprint density at radius 3 is 2.69 bits per heavy atom. The first kappa shape index (κ1) is 10.4. The van der Waals surface area contributed by atoms with Crippen molar-refractivity contribution in [3.63, 3.8) is 0 Å². The third-order valence-corrected chi connectivity index (χ3v) is 2.55. The lowest BCUT2D eigenvalue weighted by molar-refractivity contribution is -0.142. The second-order valence-corrected chi connectivity index (χ2v) is 3.83. The van der Waals surface area contributed by atoms with Gasteiger partial charge in [0.2, 0.25) is 0 Å². The van der Waals surface area contributed by atoms with Gasteiger partial charge in [0.25, 0.3) is 5.91 Å². The highest BCUT2D eigenvalue weighted by Gasteiger charge is 2.37. The van der Waals surface area contributed by atoms with Gasteiger partial charge in [-0.05, 0) is 18.4 Å². The Morgan fingerprint density at radius 2 is 2.31 bits per heavy atom. The number of likely N-dealkylation sites (tertiary alicyclic amines) is 1. The predicted octanol–water partition coefficient (Wildman–Crippen LogP) is 0.449. The van der Waals surface area contributed by atoms with E-state index < -0.39 is 12.3 Å². The van der Waals surface area contributed by atoms with E-state index >= 15 is 0 Å². The average Bonchev–Trinajstić information content (AvgIpc) is 2.47. The van der Waals surface area contributed by atoms with Gasteiger partial charge in [0, 0.05) is 13.1 Å². The first-order valence-electron chi connectivity index (χ1n) is 4.25. The molecule has 1 fully saturated rings. The zero-order valence-corrected chi connectivity index (χ0v) is 7.59. The number of halogens is 2. The van der Waals surface area contributed by atoms with Crippen molar-refractivity contribution in [3.05, 3.63) is 0 Å². The summed E-state index contributed by atoms with van der Waals surface area (Å²) in [5.41, 5.74) is 5.31. The average molecular weight is 192 g/mol. The molecule has 1 aliphatic rings. The molecule has 1 unspecified atom stereocenters. The summed E-state index contributed by atoms with van der Waals surface area (Å²) in [4.78, 5) is 12.1. The fraction of sp³-hybridized carbons (Fsp3) is 0.875. The molecule has 0 saturated carbocycles. The fourth-order valence-corrected chi connectivity index (χ4v) is 1.52. The van der Waals surface area contributed by atoms with E-state index in [9.17, 15) is 13.6 Å². The van der Waals surface area contributed by atoms with Crippen LogP contribution in [0.15, 0.2) is 0 Å². The molecule has 1 aliphatic heterocycles. The molecule has 1 rings (SSSR count). The van der Waals surface area contributed by atoms with E-state index in [-0.39, 0.29) is 5.41 Å². The van der Waals surface area contributed by atoms with Crippen LogP contribution in [-0.4, -0.2) is 36.9 Å². The van der Waals surface area contributed by atoms with Crippen LogP contribution < -0.4 is 5.73 Å². The fourth-order valence-electron chi connectivity index (χ4n) is 1.52. The van der Waals surface area contributed by atoms with Crippen molar-refractivity contribution in [2.75, 3.05) is 19.6 Å². The number of rotatable bonds is 2. The summed E-state index contributed by atoms with van der Waals surface area (Å²) in [5.74, 6) is -1.07. The van der Waals surface area contributed by atoms with E-state index in [0.717, 1.165) is 0 Å². The Bertz CT molecular complexity index is 210. The molecule has 0 aromatic carbocycles. The van der Waals surface area contributed by atoms with Crippen molar-refractivity contribution >= 4 is 5.91 Å². The van der Waals surface area contributed by atoms with Gasteiger partial charge in [-0.2, -0.15) is 8.78 Å². The maximum Gasteiger partial charge on any atom is 0.315 e. The van der Waals surface area contributed by atoms with Gasteiger partial charge in [-0.3, -0.25) is 4.79 Å². The Hall–Kier alpha value is -0.710. The van der Waals surface area contributed by atoms with E-state index in [0.29, 0.717) is 26.1 Å². The minimum absolute atomic E-state index is 0.176. The smallest absolute Gasteiger partial charge is 0.315 e. The summed E-state index contributed by atoms with van der Waals surface area (Å²) >= 11 is 0. The van der Waals surface area contributed by atoms with Crippen molar-refractivity contribution < 1.29 is 13.6 Å². The first-order chi connectivity index (χ1) is 5.98. The van der Waals surface area contributed by atoms with Gasteiger partial charge in [-0.1, -0.05) is 6.92 Å². The molecule has 0 aromatic heterocycles. The van der Waals surface area contributed by atoms with Gasteiger partial charge in [0.15, 0.2) is 0 Å². The van der Waals surface area contributed by atoms with Crippen LogP contribution in [0, 0.1) is 5.41 Å². The van der Waals surface area contributed by atoms with E-state index in [1.165, 1.54) is 4.90 Å². The molecule has 76 valence electrons. The third kappa shape index (κ3) is 2.15. The second kappa shape index (κ2) is 3.57. The predicted molar refractivity (Wildman–Crippen MR) is 44.4 cm³/mol. The highest BCUT2D eigenvalue weighted by molar-refractivity contribution is 5.79. The van der Waals surface area contributed by atoms with Crippen LogP contribution in [0.25, 0.3) is 0 Å². The highest BCUT2D eigenvalue weighted by Crippen LogP contribution is 2.28. The van der Waals surface area contributed by atoms with E-state index in [1.54, 1.807) is 0 Å². The van der Waals surface area contributed by atoms with Crippen molar-refractivity contribution in [1.29, 1.82) is 0 Å². The molecule has 13 heavy (non-hydrogen) atoms.